The lowest BCUT2D eigenvalue weighted by molar-refractivity contribution is 0.545. The highest BCUT2D eigenvalue weighted by Gasteiger charge is 2.18. The largest absolute Gasteiger partial charge is 0.333 e. The Morgan fingerprint density at radius 3 is 2.95 bits per heavy atom. The molecule has 1 atom stereocenters. The fourth-order valence-electron chi connectivity index (χ4n) is 2.02. The summed E-state index contributed by atoms with van der Waals surface area (Å²) in [5, 5.41) is 0.729. The lowest BCUT2D eigenvalue weighted by atomic mass is 10.1. The van der Waals surface area contributed by atoms with Crippen LogP contribution in [0.3, 0.4) is 0 Å². The van der Waals surface area contributed by atoms with Crippen molar-refractivity contribution in [2.24, 2.45) is 5.84 Å². The molecule has 1 heterocycles. The van der Waals surface area contributed by atoms with Gasteiger partial charge in [0.05, 0.1) is 5.02 Å². The van der Waals surface area contributed by atoms with Crippen LogP contribution in [0.4, 0.5) is 0 Å². The summed E-state index contributed by atoms with van der Waals surface area (Å²) in [6.45, 7) is 3.06. The van der Waals surface area contributed by atoms with Crippen LogP contribution in [0.1, 0.15) is 30.8 Å². The first-order valence-electron chi connectivity index (χ1n) is 6.09. The Bertz CT molecular complexity index is 555. The molecule has 2 aromatic rings. The third-order valence-corrected chi connectivity index (χ3v) is 4.49. The van der Waals surface area contributed by atoms with Crippen molar-refractivity contribution >= 4 is 34.2 Å². The highest BCUT2D eigenvalue weighted by atomic mass is 127. The van der Waals surface area contributed by atoms with Crippen molar-refractivity contribution in [1.29, 1.82) is 0 Å². The van der Waals surface area contributed by atoms with E-state index in [0.717, 1.165) is 32.9 Å². The molecule has 102 valence electrons. The van der Waals surface area contributed by atoms with Gasteiger partial charge in [-0.25, -0.2) is 10.4 Å². The van der Waals surface area contributed by atoms with Gasteiger partial charge < -0.3 is 4.57 Å². The molecule has 1 unspecified atom stereocenters. The fraction of sp³-hybridized carbons (Fsp3) is 0.308. The zero-order valence-electron chi connectivity index (χ0n) is 10.6. The maximum Gasteiger partial charge on any atom is 0.131 e. The minimum atomic E-state index is -0.156. The third-order valence-electron chi connectivity index (χ3n) is 2.91. The average Bonchev–Trinajstić information content (AvgIpc) is 2.83. The summed E-state index contributed by atoms with van der Waals surface area (Å²) in [6.07, 6.45) is 4.81. The van der Waals surface area contributed by atoms with Crippen LogP contribution in [0, 0.1) is 3.57 Å². The molecule has 0 aliphatic heterocycles. The summed E-state index contributed by atoms with van der Waals surface area (Å²) in [4.78, 5) is 4.41. The van der Waals surface area contributed by atoms with Crippen molar-refractivity contribution in [1.82, 2.24) is 15.0 Å². The molecule has 2 rings (SSSR count). The van der Waals surface area contributed by atoms with Crippen molar-refractivity contribution in [2.75, 3.05) is 0 Å². The van der Waals surface area contributed by atoms with Crippen LogP contribution in [0.2, 0.25) is 5.02 Å². The molecule has 0 amide bonds. The molecular formula is C13H16ClIN4. The van der Waals surface area contributed by atoms with Gasteiger partial charge in [0.1, 0.15) is 11.9 Å². The molecule has 6 heteroatoms. The Hall–Kier alpha value is -0.630. The van der Waals surface area contributed by atoms with Gasteiger partial charge in [0.15, 0.2) is 0 Å². The summed E-state index contributed by atoms with van der Waals surface area (Å²) < 4.78 is 3.13. The monoisotopic (exact) mass is 390 g/mol. The van der Waals surface area contributed by atoms with Crippen LogP contribution in [0.15, 0.2) is 30.6 Å². The van der Waals surface area contributed by atoms with E-state index in [1.807, 2.05) is 24.4 Å². The second-order valence-electron chi connectivity index (χ2n) is 4.25. The van der Waals surface area contributed by atoms with Crippen LogP contribution in [0.25, 0.3) is 0 Å². The predicted molar refractivity (Wildman–Crippen MR) is 85.9 cm³/mol. The number of nitrogens with zero attached hydrogens (tertiary/aromatic N) is 2. The second-order valence-corrected chi connectivity index (χ2v) is 5.82. The number of aromatic nitrogens is 2. The van der Waals surface area contributed by atoms with Crippen LogP contribution in [-0.4, -0.2) is 9.55 Å². The summed E-state index contributed by atoms with van der Waals surface area (Å²) in [5.74, 6) is 6.61. The van der Waals surface area contributed by atoms with E-state index >= 15 is 0 Å². The maximum atomic E-state index is 6.17. The molecular weight excluding hydrogens is 375 g/mol. The topological polar surface area (TPSA) is 55.9 Å². The van der Waals surface area contributed by atoms with Crippen LogP contribution >= 0.6 is 34.2 Å². The summed E-state index contributed by atoms with van der Waals surface area (Å²) >= 11 is 8.38. The van der Waals surface area contributed by atoms with E-state index in [1.165, 1.54) is 0 Å². The molecule has 1 aromatic carbocycles. The molecule has 4 nitrogen and oxygen atoms in total. The van der Waals surface area contributed by atoms with E-state index in [4.69, 9.17) is 17.4 Å². The van der Waals surface area contributed by atoms with Gasteiger partial charge in [-0.05, 0) is 46.7 Å². The Balaban J connectivity index is 2.38. The number of rotatable bonds is 5. The number of benzene rings is 1. The first-order valence-corrected chi connectivity index (χ1v) is 7.55. The molecule has 0 aliphatic rings. The van der Waals surface area contributed by atoms with E-state index in [-0.39, 0.29) is 6.04 Å². The Morgan fingerprint density at radius 1 is 1.53 bits per heavy atom. The third kappa shape index (κ3) is 3.28. The molecule has 0 aliphatic carbocycles. The quantitative estimate of drug-likeness (QED) is 0.469. The second kappa shape index (κ2) is 6.69. The van der Waals surface area contributed by atoms with E-state index < -0.39 is 0 Å². The molecule has 0 bridgehead atoms. The highest BCUT2D eigenvalue weighted by Crippen LogP contribution is 2.26. The van der Waals surface area contributed by atoms with Gasteiger partial charge in [0, 0.05) is 22.5 Å². The number of hydrogen-bond acceptors (Lipinski definition) is 3. The van der Waals surface area contributed by atoms with Crippen molar-refractivity contribution in [3.8, 4) is 0 Å². The number of hydrazine groups is 1. The molecule has 19 heavy (non-hydrogen) atoms. The zero-order chi connectivity index (χ0) is 13.8. The smallest absolute Gasteiger partial charge is 0.131 e. The van der Waals surface area contributed by atoms with Crippen LogP contribution in [0.5, 0.6) is 0 Å². The van der Waals surface area contributed by atoms with Crippen molar-refractivity contribution < 1.29 is 0 Å². The predicted octanol–water partition coefficient (Wildman–Crippen LogP) is 3.10. The molecule has 1 aromatic heterocycles. The SMILES string of the molecule is CCCn1ccnc1C(NN)c1ccc(I)c(Cl)c1. The lowest BCUT2D eigenvalue weighted by Gasteiger charge is -2.18. The van der Waals surface area contributed by atoms with Gasteiger partial charge in [0.2, 0.25) is 0 Å². The minimum absolute atomic E-state index is 0.156. The van der Waals surface area contributed by atoms with Gasteiger partial charge in [-0.3, -0.25) is 5.84 Å². The van der Waals surface area contributed by atoms with Crippen molar-refractivity contribution in [3.63, 3.8) is 0 Å². The van der Waals surface area contributed by atoms with Crippen LogP contribution in [-0.2, 0) is 6.54 Å². The highest BCUT2D eigenvalue weighted by molar-refractivity contribution is 14.1. The number of aryl methyl sites for hydroxylation is 1. The van der Waals surface area contributed by atoms with E-state index in [2.05, 4.69) is 44.5 Å². The van der Waals surface area contributed by atoms with Gasteiger partial charge in [-0.1, -0.05) is 24.6 Å². The van der Waals surface area contributed by atoms with Gasteiger partial charge in [-0.2, -0.15) is 0 Å². The first kappa shape index (κ1) is 14.8. The Labute approximate surface area is 131 Å². The van der Waals surface area contributed by atoms with E-state index in [0.29, 0.717) is 0 Å². The van der Waals surface area contributed by atoms with Gasteiger partial charge in [-0.15, -0.1) is 0 Å². The number of nitrogens with two attached hydrogens (primary N) is 1. The molecule has 0 radical (unpaired) electrons. The fourth-order valence-corrected chi connectivity index (χ4v) is 2.55. The van der Waals surface area contributed by atoms with Crippen molar-refractivity contribution in [2.45, 2.75) is 25.9 Å². The summed E-state index contributed by atoms with van der Waals surface area (Å²) in [5.41, 5.74) is 3.83. The minimum Gasteiger partial charge on any atom is -0.333 e. The molecule has 0 saturated heterocycles. The maximum absolute atomic E-state index is 6.17. The molecule has 0 spiro atoms. The molecule has 0 saturated carbocycles. The zero-order valence-corrected chi connectivity index (χ0v) is 13.5. The van der Waals surface area contributed by atoms with Crippen LogP contribution < -0.4 is 11.3 Å². The number of halogens is 2. The normalized spacial score (nSPS) is 12.6. The number of imidazole rings is 1. The van der Waals surface area contributed by atoms with Gasteiger partial charge in [0.25, 0.3) is 0 Å². The Kier molecular flexibility index (Phi) is 5.20. The standard InChI is InChI=1S/C13H16ClIN4/c1-2-6-19-7-5-17-13(19)12(18-16)9-3-4-11(15)10(14)8-9/h3-5,7-8,12,18H,2,6,16H2,1H3. The van der Waals surface area contributed by atoms with Crippen molar-refractivity contribution in [3.05, 3.63) is 50.6 Å². The summed E-state index contributed by atoms with van der Waals surface area (Å²) in [7, 11) is 0. The van der Waals surface area contributed by atoms with E-state index in [1.54, 1.807) is 6.20 Å². The molecule has 3 N–H and O–H groups in total. The van der Waals surface area contributed by atoms with Gasteiger partial charge >= 0.3 is 0 Å². The van der Waals surface area contributed by atoms with E-state index in [9.17, 15) is 0 Å². The Morgan fingerprint density at radius 2 is 2.32 bits per heavy atom. The number of nitrogens with one attached hydrogen (secondary N) is 1. The number of hydrogen-bond donors (Lipinski definition) is 2. The lowest BCUT2D eigenvalue weighted by Crippen LogP contribution is -2.31. The molecule has 0 fully saturated rings. The average molecular weight is 391 g/mol. The first-order chi connectivity index (χ1) is 9.17. The summed E-state index contributed by atoms with van der Waals surface area (Å²) in [6, 6.07) is 5.77.